The fourth-order valence-corrected chi connectivity index (χ4v) is 8.42. The van der Waals surface area contributed by atoms with Crippen molar-refractivity contribution in [2.24, 2.45) is 34.0 Å². The van der Waals surface area contributed by atoms with Gasteiger partial charge < -0.3 is 5.11 Å². The van der Waals surface area contributed by atoms with Crippen molar-refractivity contribution in [1.29, 1.82) is 0 Å². The van der Waals surface area contributed by atoms with Crippen molar-refractivity contribution < 1.29 is 9.90 Å². The topological polar surface area (TPSA) is 37.3 Å². The van der Waals surface area contributed by atoms with Crippen LogP contribution in [-0.4, -0.2) is 16.5 Å². The second kappa shape index (κ2) is 6.55. The lowest BCUT2D eigenvalue weighted by molar-refractivity contribution is -0.169. The Kier molecular flexibility index (Phi) is 4.47. The number of rotatable bonds is 1. The molecule has 0 radical (unpaired) electrons. The molecule has 0 unspecified atom stereocenters. The van der Waals surface area contributed by atoms with Crippen molar-refractivity contribution >= 4 is 11.9 Å². The molecule has 4 aliphatic carbocycles. The molecule has 1 N–H and O–H groups in total. The van der Waals surface area contributed by atoms with E-state index in [0.717, 1.165) is 36.8 Å². The Hall–Kier alpha value is -1.41. The maximum absolute atomic E-state index is 13.2. The number of benzene rings is 1. The van der Waals surface area contributed by atoms with Crippen molar-refractivity contribution in [3.63, 3.8) is 0 Å². The highest BCUT2D eigenvalue weighted by molar-refractivity contribution is 6.01. The van der Waals surface area contributed by atoms with Crippen LogP contribution in [0.3, 0.4) is 0 Å². The van der Waals surface area contributed by atoms with Crippen LogP contribution in [0.1, 0.15) is 84.6 Å². The quantitative estimate of drug-likeness (QED) is 0.545. The van der Waals surface area contributed by atoms with Gasteiger partial charge in [0.15, 0.2) is 5.78 Å². The van der Waals surface area contributed by atoms with Crippen LogP contribution < -0.4 is 0 Å². The summed E-state index contributed by atoms with van der Waals surface area (Å²) in [6.07, 6.45) is 10.6. The van der Waals surface area contributed by atoms with E-state index in [2.05, 4.69) is 58.0 Å². The molecule has 4 saturated carbocycles. The molecule has 4 fully saturated rings. The molecule has 1 aromatic carbocycles. The zero-order valence-electron chi connectivity index (χ0n) is 19.2. The van der Waals surface area contributed by atoms with Crippen LogP contribution in [0.15, 0.2) is 35.9 Å². The molecule has 0 bridgehead atoms. The van der Waals surface area contributed by atoms with E-state index in [0.29, 0.717) is 30.0 Å². The SMILES string of the molecule is C[C@@]12CC[C@H]3[C@H](CC[C@]4(C)[C@H]3CC[C@]4(C)O)[C@]1(C)CC(=Cc1ccccc1)C(=O)C2. The summed E-state index contributed by atoms with van der Waals surface area (Å²) in [5.41, 5.74) is 1.99. The third-order valence-corrected chi connectivity index (χ3v) is 10.8. The van der Waals surface area contributed by atoms with E-state index in [1.54, 1.807) is 0 Å². The number of aliphatic hydroxyl groups is 1. The van der Waals surface area contributed by atoms with Gasteiger partial charge in [-0.2, -0.15) is 0 Å². The summed E-state index contributed by atoms with van der Waals surface area (Å²) in [5.74, 6) is 2.35. The van der Waals surface area contributed by atoms with Gasteiger partial charge >= 0.3 is 0 Å². The van der Waals surface area contributed by atoms with Crippen molar-refractivity contribution in [2.75, 3.05) is 0 Å². The van der Waals surface area contributed by atoms with Gasteiger partial charge in [0.1, 0.15) is 0 Å². The van der Waals surface area contributed by atoms with Crippen LogP contribution in [-0.2, 0) is 4.79 Å². The highest BCUT2D eigenvalue weighted by atomic mass is 16.3. The number of fused-ring (bicyclic) bond motifs is 5. The number of ketones is 1. The average Bonchev–Trinajstić information content (AvgIpc) is 2.94. The first-order valence-electron chi connectivity index (χ1n) is 12.1. The molecule has 0 saturated heterocycles. The standard InChI is InChI=1S/C28H38O2/c1-25-13-10-21-22-12-15-28(4,30)26(22,2)14-11-23(21)27(25,3)17-20(24(29)18-25)16-19-8-6-5-7-9-19/h5-9,16,21-23,30H,10-15,17-18H2,1-4H3/t21-,22+,23+,25+,26-,27+,28+/m1/s1. The van der Waals surface area contributed by atoms with E-state index in [4.69, 9.17) is 0 Å². The Morgan fingerprint density at radius 2 is 1.53 bits per heavy atom. The van der Waals surface area contributed by atoms with Gasteiger partial charge in [-0.25, -0.2) is 0 Å². The molecule has 162 valence electrons. The van der Waals surface area contributed by atoms with Crippen LogP contribution in [0.25, 0.3) is 6.08 Å². The Morgan fingerprint density at radius 1 is 0.867 bits per heavy atom. The van der Waals surface area contributed by atoms with Gasteiger partial charge in [0.05, 0.1) is 5.60 Å². The largest absolute Gasteiger partial charge is 0.390 e. The zero-order chi connectivity index (χ0) is 21.4. The summed E-state index contributed by atoms with van der Waals surface area (Å²) >= 11 is 0. The number of allylic oxidation sites excluding steroid dienone is 1. The number of hydrogen-bond donors (Lipinski definition) is 1. The van der Waals surface area contributed by atoms with E-state index in [-0.39, 0.29) is 16.2 Å². The van der Waals surface area contributed by atoms with Gasteiger partial charge in [0.25, 0.3) is 0 Å². The fraction of sp³-hybridized carbons (Fsp3) is 0.679. The van der Waals surface area contributed by atoms with Crippen LogP contribution in [0, 0.1) is 34.0 Å². The summed E-state index contributed by atoms with van der Waals surface area (Å²) in [6, 6.07) is 10.3. The maximum atomic E-state index is 13.2. The van der Waals surface area contributed by atoms with E-state index < -0.39 is 5.60 Å². The highest BCUT2D eigenvalue weighted by Gasteiger charge is 2.65. The molecule has 2 heteroatoms. The number of carbonyl (C=O) groups excluding carboxylic acids is 1. The fourth-order valence-electron chi connectivity index (χ4n) is 8.42. The van der Waals surface area contributed by atoms with Crippen LogP contribution in [0.5, 0.6) is 0 Å². The smallest absolute Gasteiger partial charge is 0.159 e. The minimum atomic E-state index is -0.523. The minimum absolute atomic E-state index is 0.0610. The second-order valence-electron chi connectivity index (χ2n) is 12.0. The highest BCUT2D eigenvalue weighted by Crippen LogP contribution is 2.71. The van der Waals surface area contributed by atoms with E-state index in [9.17, 15) is 9.90 Å². The third-order valence-electron chi connectivity index (χ3n) is 10.8. The number of hydrogen-bond acceptors (Lipinski definition) is 2. The van der Waals surface area contributed by atoms with E-state index in [1.807, 2.05) is 6.07 Å². The zero-order valence-corrected chi connectivity index (χ0v) is 19.2. The Labute approximate surface area is 182 Å². The Morgan fingerprint density at radius 3 is 2.27 bits per heavy atom. The molecule has 0 aliphatic heterocycles. The Balaban J connectivity index is 1.50. The lowest BCUT2D eigenvalue weighted by Gasteiger charge is -2.64. The number of Topliss-reactive ketones (excluding diaryl/α,β-unsaturated/α-hetero) is 1. The van der Waals surface area contributed by atoms with Crippen molar-refractivity contribution in [3.05, 3.63) is 41.5 Å². The number of carbonyl (C=O) groups is 1. The van der Waals surface area contributed by atoms with Crippen molar-refractivity contribution in [2.45, 2.75) is 84.7 Å². The lowest BCUT2D eigenvalue weighted by atomic mass is 9.40. The van der Waals surface area contributed by atoms with Crippen molar-refractivity contribution in [3.8, 4) is 0 Å². The van der Waals surface area contributed by atoms with Gasteiger partial charge in [-0.15, -0.1) is 0 Å². The molecule has 4 aliphatic rings. The molecule has 0 heterocycles. The monoisotopic (exact) mass is 406 g/mol. The van der Waals surface area contributed by atoms with Gasteiger partial charge in [-0.1, -0.05) is 51.1 Å². The summed E-state index contributed by atoms with van der Waals surface area (Å²) in [4.78, 5) is 13.2. The molecule has 0 aromatic heterocycles. The lowest BCUT2D eigenvalue weighted by Crippen LogP contribution is -2.59. The normalized spacial score (nSPS) is 49.4. The maximum Gasteiger partial charge on any atom is 0.159 e. The van der Waals surface area contributed by atoms with Gasteiger partial charge in [0.2, 0.25) is 0 Å². The molecular weight excluding hydrogens is 368 g/mol. The summed E-state index contributed by atoms with van der Waals surface area (Å²) < 4.78 is 0. The van der Waals surface area contributed by atoms with E-state index in [1.165, 1.54) is 19.3 Å². The van der Waals surface area contributed by atoms with Crippen LogP contribution in [0.2, 0.25) is 0 Å². The Bertz CT molecular complexity index is 883. The van der Waals surface area contributed by atoms with Gasteiger partial charge in [-0.3, -0.25) is 4.79 Å². The molecule has 1 aromatic rings. The molecule has 7 atom stereocenters. The molecular formula is C28H38O2. The predicted molar refractivity (Wildman–Crippen MR) is 122 cm³/mol. The molecule has 5 rings (SSSR count). The first-order valence-corrected chi connectivity index (χ1v) is 12.1. The van der Waals surface area contributed by atoms with E-state index >= 15 is 0 Å². The molecule has 0 spiro atoms. The summed E-state index contributed by atoms with van der Waals surface area (Å²) in [7, 11) is 0. The predicted octanol–water partition coefficient (Wildman–Crippen LogP) is 6.43. The molecule has 30 heavy (non-hydrogen) atoms. The summed E-state index contributed by atoms with van der Waals surface area (Å²) in [6.45, 7) is 9.36. The first kappa shape index (κ1) is 20.5. The minimum Gasteiger partial charge on any atom is -0.390 e. The van der Waals surface area contributed by atoms with Gasteiger partial charge in [-0.05, 0) is 103 Å². The first-order chi connectivity index (χ1) is 14.1. The summed E-state index contributed by atoms with van der Waals surface area (Å²) in [5, 5.41) is 11.2. The van der Waals surface area contributed by atoms with Gasteiger partial charge in [0, 0.05) is 6.42 Å². The van der Waals surface area contributed by atoms with Crippen LogP contribution in [0.4, 0.5) is 0 Å². The second-order valence-corrected chi connectivity index (χ2v) is 12.0. The molecule has 0 amide bonds. The molecule has 2 nitrogen and oxygen atoms in total. The average molecular weight is 407 g/mol. The third kappa shape index (κ3) is 2.68. The van der Waals surface area contributed by atoms with Crippen molar-refractivity contribution in [1.82, 2.24) is 0 Å². The van der Waals surface area contributed by atoms with Crippen LogP contribution >= 0.6 is 0 Å².